The van der Waals surface area contributed by atoms with E-state index in [1.807, 2.05) is 36.1 Å². The monoisotopic (exact) mass is 331 g/mol. The Morgan fingerprint density at radius 2 is 1.78 bits per heavy atom. The second kappa shape index (κ2) is 7.52. The topological polar surface area (TPSA) is 37.4 Å². The molecule has 1 aliphatic heterocycles. The van der Waals surface area contributed by atoms with Gasteiger partial charge < -0.3 is 4.90 Å². The first-order valence-corrected chi connectivity index (χ1v) is 9.71. The molecule has 124 valence electrons. The van der Waals surface area contributed by atoms with Crippen molar-refractivity contribution < 1.29 is 9.59 Å². The van der Waals surface area contributed by atoms with E-state index < -0.39 is 5.25 Å². The summed E-state index contributed by atoms with van der Waals surface area (Å²) in [5, 5.41) is -0.555. The van der Waals surface area contributed by atoms with E-state index in [0.717, 1.165) is 23.4 Å². The minimum absolute atomic E-state index is 0.00567. The molecule has 1 aliphatic carbocycles. The van der Waals surface area contributed by atoms with Crippen molar-refractivity contribution in [2.75, 3.05) is 4.90 Å². The van der Waals surface area contributed by atoms with Gasteiger partial charge in [-0.25, -0.2) is 0 Å². The molecule has 23 heavy (non-hydrogen) atoms. The summed E-state index contributed by atoms with van der Waals surface area (Å²) in [6.07, 6.45) is 8.70. The third-order valence-corrected chi connectivity index (χ3v) is 6.21. The molecule has 3 nitrogen and oxygen atoms in total. The zero-order chi connectivity index (χ0) is 16.2. The van der Waals surface area contributed by atoms with Crippen molar-refractivity contribution in [3.63, 3.8) is 0 Å². The van der Waals surface area contributed by atoms with Crippen LogP contribution in [0.5, 0.6) is 0 Å². The number of benzene rings is 1. The van der Waals surface area contributed by atoms with Gasteiger partial charge in [0.25, 0.3) is 0 Å². The smallest absolute Gasteiger partial charge is 0.248 e. The van der Waals surface area contributed by atoms with Crippen LogP contribution in [0.25, 0.3) is 0 Å². The normalized spacial score (nSPS) is 23.1. The lowest BCUT2D eigenvalue weighted by Gasteiger charge is -2.39. The quantitative estimate of drug-likeness (QED) is 0.761. The molecule has 0 saturated heterocycles. The molecular weight excluding hydrogens is 306 g/mol. The SMILES string of the molecule is CCC(=O)C1Sc2ccccc2N(C2CCCCCCC2)C1=O. The van der Waals surface area contributed by atoms with Crippen LogP contribution in [0, 0.1) is 0 Å². The van der Waals surface area contributed by atoms with Crippen LogP contribution in [-0.2, 0) is 9.59 Å². The molecule has 0 N–H and O–H groups in total. The number of thioether (sulfide) groups is 1. The third-order valence-electron chi connectivity index (χ3n) is 4.91. The van der Waals surface area contributed by atoms with Crippen LogP contribution >= 0.6 is 11.8 Å². The molecular formula is C19H25NO2S. The fourth-order valence-corrected chi connectivity index (χ4v) is 4.85. The van der Waals surface area contributed by atoms with Crippen molar-refractivity contribution >= 4 is 29.1 Å². The summed E-state index contributed by atoms with van der Waals surface area (Å²) in [7, 11) is 0. The number of nitrogens with zero attached hydrogens (tertiary/aromatic N) is 1. The van der Waals surface area contributed by atoms with Gasteiger partial charge >= 0.3 is 0 Å². The summed E-state index contributed by atoms with van der Waals surface area (Å²) in [4.78, 5) is 28.4. The Kier molecular flexibility index (Phi) is 5.42. The molecule has 0 bridgehead atoms. The van der Waals surface area contributed by atoms with Crippen LogP contribution in [-0.4, -0.2) is 23.0 Å². The van der Waals surface area contributed by atoms with Gasteiger partial charge in [0.2, 0.25) is 5.91 Å². The molecule has 0 radical (unpaired) electrons. The van der Waals surface area contributed by atoms with Gasteiger partial charge in [0, 0.05) is 17.4 Å². The van der Waals surface area contributed by atoms with Gasteiger partial charge in [0.15, 0.2) is 5.78 Å². The Labute approximate surface area is 142 Å². The minimum atomic E-state index is -0.555. The van der Waals surface area contributed by atoms with Gasteiger partial charge in [-0.3, -0.25) is 9.59 Å². The van der Waals surface area contributed by atoms with Gasteiger partial charge in [-0.15, -0.1) is 11.8 Å². The molecule has 1 fully saturated rings. The van der Waals surface area contributed by atoms with Crippen molar-refractivity contribution in [2.24, 2.45) is 0 Å². The molecule has 2 aliphatic rings. The maximum Gasteiger partial charge on any atom is 0.248 e. The molecule has 1 aromatic rings. The molecule has 0 aromatic heterocycles. The molecule has 1 amide bonds. The highest BCUT2D eigenvalue weighted by atomic mass is 32.2. The molecule has 1 saturated carbocycles. The molecule has 3 rings (SSSR count). The average Bonchev–Trinajstić information content (AvgIpc) is 2.54. The Morgan fingerprint density at radius 3 is 2.48 bits per heavy atom. The summed E-state index contributed by atoms with van der Waals surface area (Å²) in [6.45, 7) is 1.84. The lowest BCUT2D eigenvalue weighted by molar-refractivity contribution is -0.126. The summed E-state index contributed by atoms with van der Waals surface area (Å²) >= 11 is 1.43. The highest BCUT2D eigenvalue weighted by Gasteiger charge is 2.40. The van der Waals surface area contributed by atoms with Gasteiger partial charge in [0.05, 0.1) is 5.69 Å². The van der Waals surface area contributed by atoms with Crippen LogP contribution in [0.3, 0.4) is 0 Å². The van der Waals surface area contributed by atoms with Crippen molar-refractivity contribution in [1.82, 2.24) is 0 Å². The first kappa shape index (κ1) is 16.6. The first-order chi connectivity index (χ1) is 11.2. The van der Waals surface area contributed by atoms with Crippen molar-refractivity contribution in [3.05, 3.63) is 24.3 Å². The van der Waals surface area contributed by atoms with E-state index >= 15 is 0 Å². The van der Waals surface area contributed by atoms with E-state index in [1.54, 1.807) is 0 Å². The van der Waals surface area contributed by atoms with E-state index in [2.05, 4.69) is 0 Å². The predicted octanol–water partition coefficient (Wildman–Crippen LogP) is 4.59. The second-order valence-corrected chi connectivity index (χ2v) is 7.64. The largest absolute Gasteiger partial charge is 0.307 e. The Morgan fingerprint density at radius 1 is 1.13 bits per heavy atom. The fraction of sp³-hybridized carbons (Fsp3) is 0.579. The second-order valence-electron chi connectivity index (χ2n) is 6.49. The first-order valence-electron chi connectivity index (χ1n) is 8.84. The molecule has 1 aromatic carbocycles. The number of rotatable bonds is 3. The molecule has 1 unspecified atom stereocenters. The van der Waals surface area contributed by atoms with Gasteiger partial charge in [-0.1, -0.05) is 51.2 Å². The summed E-state index contributed by atoms with van der Waals surface area (Å²) in [6, 6.07) is 8.30. The van der Waals surface area contributed by atoms with Crippen LogP contribution in [0.1, 0.15) is 58.3 Å². The van der Waals surface area contributed by atoms with E-state index in [-0.39, 0.29) is 17.7 Å². The van der Waals surface area contributed by atoms with Crippen molar-refractivity contribution in [2.45, 2.75) is 74.5 Å². The summed E-state index contributed by atoms with van der Waals surface area (Å²) in [5.74, 6) is 0.0523. The number of Topliss-reactive ketones (excluding diaryl/α,β-unsaturated/α-hetero) is 1. The number of hydrogen-bond donors (Lipinski definition) is 0. The maximum atomic E-state index is 13.1. The zero-order valence-corrected chi connectivity index (χ0v) is 14.6. The lowest BCUT2D eigenvalue weighted by Crippen LogP contribution is -2.49. The Bertz CT molecular complexity index is 578. The summed E-state index contributed by atoms with van der Waals surface area (Å²) < 4.78 is 0. The number of fused-ring (bicyclic) bond motifs is 1. The van der Waals surface area contributed by atoms with Crippen molar-refractivity contribution in [3.8, 4) is 0 Å². The third kappa shape index (κ3) is 3.47. The average molecular weight is 331 g/mol. The van der Waals surface area contributed by atoms with E-state index in [9.17, 15) is 9.59 Å². The van der Waals surface area contributed by atoms with Crippen LogP contribution in [0.2, 0.25) is 0 Å². The van der Waals surface area contributed by atoms with Crippen molar-refractivity contribution in [1.29, 1.82) is 0 Å². The lowest BCUT2D eigenvalue weighted by atomic mass is 9.94. The zero-order valence-electron chi connectivity index (χ0n) is 13.8. The maximum absolute atomic E-state index is 13.1. The fourth-order valence-electron chi connectivity index (χ4n) is 3.64. The molecule has 1 heterocycles. The number of carbonyl (C=O) groups excluding carboxylic acids is 2. The Hall–Kier alpha value is -1.29. The van der Waals surface area contributed by atoms with Gasteiger partial charge in [0.1, 0.15) is 5.25 Å². The van der Waals surface area contributed by atoms with E-state index in [1.165, 1.54) is 43.9 Å². The number of amides is 1. The number of para-hydroxylation sites is 1. The predicted molar refractivity (Wildman–Crippen MR) is 95.0 cm³/mol. The highest BCUT2D eigenvalue weighted by molar-refractivity contribution is 8.01. The highest BCUT2D eigenvalue weighted by Crippen LogP contribution is 2.42. The number of anilines is 1. The van der Waals surface area contributed by atoms with Crippen LogP contribution in [0.4, 0.5) is 5.69 Å². The summed E-state index contributed by atoms with van der Waals surface area (Å²) in [5.41, 5.74) is 1.01. The molecule has 4 heteroatoms. The Balaban J connectivity index is 1.94. The molecule has 1 atom stereocenters. The van der Waals surface area contributed by atoms with E-state index in [4.69, 9.17) is 0 Å². The van der Waals surface area contributed by atoms with Gasteiger partial charge in [-0.05, 0) is 25.0 Å². The van der Waals surface area contributed by atoms with E-state index in [0.29, 0.717) is 6.42 Å². The van der Waals surface area contributed by atoms with Crippen LogP contribution in [0.15, 0.2) is 29.2 Å². The van der Waals surface area contributed by atoms with Crippen LogP contribution < -0.4 is 4.90 Å². The number of ketones is 1. The minimum Gasteiger partial charge on any atom is -0.307 e. The number of hydrogen-bond acceptors (Lipinski definition) is 3. The molecule has 0 spiro atoms. The number of carbonyl (C=O) groups is 2. The van der Waals surface area contributed by atoms with Gasteiger partial charge in [-0.2, -0.15) is 0 Å². The standard InChI is InChI=1S/C19H25NO2S/c1-2-16(21)18-19(22)20(14-10-6-4-3-5-7-11-14)15-12-8-9-13-17(15)23-18/h8-9,12-14,18H,2-7,10-11H2,1H3.